The summed E-state index contributed by atoms with van der Waals surface area (Å²) < 4.78 is 5.86. The first-order chi connectivity index (χ1) is 7.66. The van der Waals surface area contributed by atoms with Crippen LogP contribution in [0.4, 0.5) is 0 Å². The number of alkyl halides is 1. The van der Waals surface area contributed by atoms with Crippen LogP contribution in [0, 0.1) is 6.92 Å². The summed E-state index contributed by atoms with van der Waals surface area (Å²) >= 11 is 3.74. The number of halogens is 1. The standard InChI is InChI=1S/C13H18BrNO/c1-9-4-3-7-15-12(9)8-11(14)13-6-5-10(2)16-13/h3-4,7,10-11,13H,5-6,8H2,1-2H3. The molecule has 3 heteroatoms. The SMILES string of the molecule is Cc1cccnc1CC(Br)C1CCC(C)O1. The fourth-order valence-electron chi connectivity index (χ4n) is 2.15. The molecule has 2 heterocycles. The maximum atomic E-state index is 5.86. The largest absolute Gasteiger partial charge is 0.374 e. The van der Waals surface area contributed by atoms with Crippen LogP contribution in [-0.4, -0.2) is 22.0 Å². The molecule has 1 aliphatic heterocycles. The molecule has 2 rings (SSSR count). The smallest absolute Gasteiger partial charge is 0.0708 e. The van der Waals surface area contributed by atoms with Crippen LogP contribution in [0.15, 0.2) is 18.3 Å². The van der Waals surface area contributed by atoms with Crippen molar-refractivity contribution < 1.29 is 4.74 Å². The van der Waals surface area contributed by atoms with E-state index in [-0.39, 0.29) is 0 Å². The first-order valence-electron chi connectivity index (χ1n) is 5.87. The zero-order valence-electron chi connectivity index (χ0n) is 9.82. The molecular formula is C13H18BrNO. The van der Waals surface area contributed by atoms with E-state index in [2.05, 4.69) is 40.8 Å². The monoisotopic (exact) mass is 283 g/mol. The molecule has 3 atom stereocenters. The second kappa shape index (κ2) is 5.28. The van der Waals surface area contributed by atoms with Gasteiger partial charge in [-0.1, -0.05) is 22.0 Å². The van der Waals surface area contributed by atoms with Gasteiger partial charge in [-0.05, 0) is 38.3 Å². The fraction of sp³-hybridized carbons (Fsp3) is 0.615. The highest BCUT2D eigenvalue weighted by atomic mass is 79.9. The minimum absolute atomic E-state index is 0.344. The number of rotatable bonds is 3. The van der Waals surface area contributed by atoms with E-state index in [0.717, 1.165) is 12.8 Å². The summed E-state index contributed by atoms with van der Waals surface area (Å²) in [6.07, 6.45) is 5.90. The van der Waals surface area contributed by atoms with Crippen molar-refractivity contribution in [1.82, 2.24) is 4.98 Å². The Morgan fingerprint density at radius 1 is 1.56 bits per heavy atom. The third-order valence-electron chi connectivity index (χ3n) is 3.17. The van der Waals surface area contributed by atoms with E-state index in [1.54, 1.807) is 0 Å². The van der Waals surface area contributed by atoms with Crippen molar-refractivity contribution >= 4 is 15.9 Å². The molecule has 0 amide bonds. The van der Waals surface area contributed by atoms with Crippen LogP contribution in [0.25, 0.3) is 0 Å². The molecule has 16 heavy (non-hydrogen) atoms. The van der Waals surface area contributed by atoms with Gasteiger partial charge in [0.1, 0.15) is 0 Å². The van der Waals surface area contributed by atoms with Gasteiger partial charge < -0.3 is 4.74 Å². The molecule has 88 valence electrons. The average molecular weight is 284 g/mol. The van der Waals surface area contributed by atoms with Crippen molar-refractivity contribution in [2.45, 2.75) is 50.1 Å². The Hall–Kier alpha value is -0.410. The molecule has 0 saturated carbocycles. The summed E-state index contributed by atoms with van der Waals surface area (Å²) in [5.41, 5.74) is 2.44. The molecule has 1 saturated heterocycles. The zero-order valence-corrected chi connectivity index (χ0v) is 11.4. The molecule has 2 nitrogen and oxygen atoms in total. The molecule has 0 aromatic carbocycles. The molecular weight excluding hydrogens is 266 g/mol. The van der Waals surface area contributed by atoms with Crippen LogP contribution < -0.4 is 0 Å². The first-order valence-corrected chi connectivity index (χ1v) is 6.78. The number of ether oxygens (including phenoxy) is 1. The number of hydrogen-bond donors (Lipinski definition) is 0. The predicted octanol–water partition coefficient (Wildman–Crippen LogP) is 3.26. The van der Waals surface area contributed by atoms with E-state index < -0.39 is 0 Å². The van der Waals surface area contributed by atoms with Gasteiger partial charge in [-0.15, -0.1) is 0 Å². The number of hydrogen-bond acceptors (Lipinski definition) is 2. The van der Waals surface area contributed by atoms with Gasteiger partial charge in [0.15, 0.2) is 0 Å². The second-order valence-electron chi connectivity index (χ2n) is 4.55. The maximum Gasteiger partial charge on any atom is 0.0708 e. The molecule has 3 unspecified atom stereocenters. The van der Waals surface area contributed by atoms with Crippen LogP contribution >= 0.6 is 15.9 Å². The first kappa shape index (κ1) is 12.1. The van der Waals surface area contributed by atoms with Gasteiger partial charge in [0.25, 0.3) is 0 Å². The van der Waals surface area contributed by atoms with E-state index >= 15 is 0 Å². The fourth-order valence-corrected chi connectivity index (χ4v) is 2.84. The number of aryl methyl sites for hydroxylation is 1. The average Bonchev–Trinajstić information content (AvgIpc) is 2.68. The van der Waals surface area contributed by atoms with E-state index in [0.29, 0.717) is 17.0 Å². The normalized spacial score (nSPS) is 26.9. The van der Waals surface area contributed by atoms with E-state index in [9.17, 15) is 0 Å². The van der Waals surface area contributed by atoms with Crippen LogP contribution in [0.2, 0.25) is 0 Å². The molecule has 1 aromatic heterocycles. The Labute approximate surface area is 106 Å². The van der Waals surface area contributed by atoms with Gasteiger partial charge in [0, 0.05) is 23.1 Å². The maximum absolute atomic E-state index is 5.86. The van der Waals surface area contributed by atoms with Gasteiger partial charge in [-0.2, -0.15) is 0 Å². The summed E-state index contributed by atoms with van der Waals surface area (Å²) in [7, 11) is 0. The van der Waals surface area contributed by atoms with Crippen molar-refractivity contribution in [3.8, 4) is 0 Å². The van der Waals surface area contributed by atoms with Gasteiger partial charge >= 0.3 is 0 Å². The summed E-state index contributed by atoms with van der Waals surface area (Å²) in [6, 6.07) is 4.09. The van der Waals surface area contributed by atoms with E-state index in [4.69, 9.17) is 4.74 Å². The lowest BCUT2D eigenvalue weighted by atomic mass is 10.1. The van der Waals surface area contributed by atoms with Gasteiger partial charge in [-0.25, -0.2) is 0 Å². The summed E-state index contributed by atoms with van der Waals surface area (Å²) in [5.74, 6) is 0. The van der Waals surface area contributed by atoms with Gasteiger partial charge in [0.2, 0.25) is 0 Å². The topological polar surface area (TPSA) is 22.1 Å². The lowest BCUT2D eigenvalue weighted by Gasteiger charge is -2.18. The lowest BCUT2D eigenvalue weighted by Crippen LogP contribution is -2.23. The molecule has 0 bridgehead atoms. The number of pyridine rings is 1. The summed E-state index contributed by atoms with van der Waals surface area (Å²) in [5, 5.41) is 0. The van der Waals surface area contributed by atoms with Gasteiger partial charge in [0.05, 0.1) is 12.2 Å². The highest BCUT2D eigenvalue weighted by Crippen LogP contribution is 2.27. The van der Waals surface area contributed by atoms with Crippen molar-refractivity contribution in [2.24, 2.45) is 0 Å². The van der Waals surface area contributed by atoms with E-state index in [1.165, 1.54) is 17.7 Å². The minimum Gasteiger partial charge on any atom is -0.374 e. The minimum atomic E-state index is 0.344. The quantitative estimate of drug-likeness (QED) is 0.795. The zero-order chi connectivity index (χ0) is 11.5. The Balaban J connectivity index is 1.97. The Morgan fingerprint density at radius 3 is 3.00 bits per heavy atom. The van der Waals surface area contributed by atoms with Crippen LogP contribution in [-0.2, 0) is 11.2 Å². The number of aromatic nitrogens is 1. The molecule has 1 aliphatic rings. The molecule has 1 aromatic rings. The second-order valence-corrected chi connectivity index (χ2v) is 5.73. The summed E-state index contributed by atoms with van der Waals surface area (Å²) in [4.78, 5) is 4.80. The van der Waals surface area contributed by atoms with Crippen LogP contribution in [0.5, 0.6) is 0 Å². The Bertz CT molecular complexity index is 356. The third kappa shape index (κ3) is 2.83. The van der Waals surface area contributed by atoms with Crippen molar-refractivity contribution in [2.75, 3.05) is 0 Å². The molecule has 1 fully saturated rings. The van der Waals surface area contributed by atoms with Crippen molar-refractivity contribution in [3.05, 3.63) is 29.6 Å². The highest BCUT2D eigenvalue weighted by Gasteiger charge is 2.28. The molecule has 0 spiro atoms. The van der Waals surface area contributed by atoms with Crippen molar-refractivity contribution in [1.29, 1.82) is 0 Å². The molecule has 0 aliphatic carbocycles. The summed E-state index contributed by atoms with van der Waals surface area (Å²) in [6.45, 7) is 4.26. The molecule has 0 radical (unpaired) electrons. The molecule has 0 N–H and O–H groups in total. The van der Waals surface area contributed by atoms with Gasteiger partial charge in [-0.3, -0.25) is 4.98 Å². The Morgan fingerprint density at radius 2 is 2.38 bits per heavy atom. The lowest BCUT2D eigenvalue weighted by molar-refractivity contribution is 0.0557. The third-order valence-corrected chi connectivity index (χ3v) is 4.09. The van der Waals surface area contributed by atoms with Crippen LogP contribution in [0.3, 0.4) is 0 Å². The van der Waals surface area contributed by atoms with Crippen molar-refractivity contribution in [3.63, 3.8) is 0 Å². The predicted molar refractivity (Wildman–Crippen MR) is 69.0 cm³/mol. The van der Waals surface area contributed by atoms with E-state index in [1.807, 2.05) is 12.3 Å². The number of nitrogens with zero attached hydrogens (tertiary/aromatic N) is 1. The van der Waals surface area contributed by atoms with Crippen LogP contribution in [0.1, 0.15) is 31.0 Å². The highest BCUT2D eigenvalue weighted by molar-refractivity contribution is 9.09. The Kier molecular flexibility index (Phi) is 3.98.